The lowest BCUT2D eigenvalue weighted by Gasteiger charge is -2.39. The van der Waals surface area contributed by atoms with Gasteiger partial charge in [0, 0.05) is 24.2 Å². The average Bonchev–Trinajstić information content (AvgIpc) is 2.61. The number of alkyl halides is 1. The predicted octanol–water partition coefficient (Wildman–Crippen LogP) is 3.48. The molecule has 1 fully saturated rings. The molecule has 1 aromatic rings. The number of piperidine rings is 1. The second kappa shape index (κ2) is 7.49. The molecule has 0 saturated carbocycles. The van der Waals surface area contributed by atoms with Crippen molar-refractivity contribution in [2.75, 3.05) is 24.5 Å². The molecule has 5 nitrogen and oxygen atoms in total. The molecule has 1 saturated heterocycles. The molecule has 0 radical (unpaired) electrons. The van der Waals surface area contributed by atoms with Gasteiger partial charge in [-0.25, -0.2) is 9.37 Å². The molecule has 2 heterocycles. The molecule has 1 unspecified atom stereocenters. The summed E-state index contributed by atoms with van der Waals surface area (Å²) in [7, 11) is 0. The van der Waals surface area contributed by atoms with Gasteiger partial charge in [0.2, 0.25) is 0 Å². The maximum atomic E-state index is 14.5. The van der Waals surface area contributed by atoms with Crippen molar-refractivity contribution in [2.24, 2.45) is 11.1 Å². The van der Waals surface area contributed by atoms with Crippen LogP contribution in [-0.4, -0.2) is 35.4 Å². The van der Waals surface area contributed by atoms with Crippen molar-refractivity contribution in [2.45, 2.75) is 51.7 Å². The van der Waals surface area contributed by atoms with Crippen molar-refractivity contribution in [3.63, 3.8) is 0 Å². The van der Waals surface area contributed by atoms with Crippen molar-refractivity contribution in [3.05, 3.63) is 32.3 Å². The second-order valence-electron chi connectivity index (χ2n) is 7.62. The zero-order chi connectivity index (χ0) is 19.1. The first-order valence-electron chi connectivity index (χ1n) is 8.99. The lowest BCUT2D eigenvalue weighted by molar-refractivity contribution is 0.229. The van der Waals surface area contributed by atoms with E-state index in [2.05, 4.69) is 16.8 Å². The Balaban J connectivity index is 1.91. The SMILES string of the molecule is Cc1nc(N2CCC(C)(CN)CC2)cc(=O)n1C1C(Cl)=C(Cl)CC[C@H]1F. The largest absolute Gasteiger partial charge is 0.356 e. The zero-order valence-electron chi connectivity index (χ0n) is 15.1. The summed E-state index contributed by atoms with van der Waals surface area (Å²) in [6.07, 6.45) is 1.29. The van der Waals surface area contributed by atoms with Crippen molar-refractivity contribution in [3.8, 4) is 0 Å². The van der Waals surface area contributed by atoms with Gasteiger partial charge in [-0.1, -0.05) is 30.1 Å². The van der Waals surface area contributed by atoms with Crippen LogP contribution in [-0.2, 0) is 0 Å². The highest BCUT2D eigenvalue weighted by atomic mass is 35.5. The van der Waals surface area contributed by atoms with E-state index in [0.29, 0.717) is 29.6 Å². The van der Waals surface area contributed by atoms with Crippen LogP contribution in [0.15, 0.2) is 20.9 Å². The molecule has 3 rings (SSSR count). The molecular formula is C18H25Cl2FN4O. The maximum absolute atomic E-state index is 14.5. The van der Waals surface area contributed by atoms with Gasteiger partial charge in [-0.15, -0.1) is 0 Å². The minimum atomic E-state index is -1.26. The summed E-state index contributed by atoms with van der Waals surface area (Å²) in [4.78, 5) is 19.4. The molecule has 0 spiro atoms. The van der Waals surface area contributed by atoms with Crippen molar-refractivity contribution in [1.82, 2.24) is 9.55 Å². The molecule has 144 valence electrons. The summed E-state index contributed by atoms with van der Waals surface area (Å²) in [5.74, 6) is 1.07. The summed E-state index contributed by atoms with van der Waals surface area (Å²) < 4.78 is 15.8. The molecule has 0 amide bonds. The molecule has 1 aromatic heterocycles. The maximum Gasteiger partial charge on any atom is 0.256 e. The molecule has 0 aromatic carbocycles. The van der Waals surface area contributed by atoms with Gasteiger partial charge < -0.3 is 10.6 Å². The first-order valence-corrected chi connectivity index (χ1v) is 9.74. The minimum Gasteiger partial charge on any atom is -0.356 e. The Hall–Kier alpha value is -1.11. The lowest BCUT2D eigenvalue weighted by Crippen LogP contribution is -2.43. The number of aromatic nitrogens is 2. The zero-order valence-corrected chi connectivity index (χ0v) is 16.7. The predicted molar refractivity (Wildman–Crippen MR) is 104 cm³/mol. The third-order valence-electron chi connectivity index (χ3n) is 5.68. The Morgan fingerprint density at radius 1 is 1.38 bits per heavy atom. The fraction of sp³-hybridized carbons (Fsp3) is 0.667. The van der Waals surface area contributed by atoms with Crippen LogP contribution >= 0.6 is 23.2 Å². The number of nitrogens with two attached hydrogens (primary N) is 1. The van der Waals surface area contributed by atoms with Crippen LogP contribution < -0.4 is 16.2 Å². The van der Waals surface area contributed by atoms with Crippen LogP contribution in [0, 0.1) is 12.3 Å². The number of halogens is 3. The Morgan fingerprint density at radius 2 is 2.04 bits per heavy atom. The van der Waals surface area contributed by atoms with Gasteiger partial charge in [0.05, 0.1) is 5.03 Å². The van der Waals surface area contributed by atoms with Crippen LogP contribution in [0.3, 0.4) is 0 Å². The quantitative estimate of drug-likeness (QED) is 0.840. The van der Waals surface area contributed by atoms with Gasteiger partial charge in [-0.3, -0.25) is 9.36 Å². The van der Waals surface area contributed by atoms with E-state index >= 15 is 0 Å². The van der Waals surface area contributed by atoms with Crippen LogP contribution in [0.4, 0.5) is 10.2 Å². The highest BCUT2D eigenvalue weighted by Gasteiger charge is 2.34. The molecule has 1 aliphatic carbocycles. The molecule has 0 bridgehead atoms. The van der Waals surface area contributed by atoms with Crippen LogP contribution in [0.25, 0.3) is 0 Å². The molecule has 2 aliphatic rings. The van der Waals surface area contributed by atoms with E-state index in [0.717, 1.165) is 25.9 Å². The fourth-order valence-corrected chi connectivity index (χ4v) is 4.26. The Morgan fingerprint density at radius 3 is 2.62 bits per heavy atom. The fourth-order valence-electron chi connectivity index (χ4n) is 3.71. The van der Waals surface area contributed by atoms with Crippen molar-refractivity contribution < 1.29 is 4.39 Å². The number of anilines is 1. The summed E-state index contributed by atoms with van der Waals surface area (Å²) in [5, 5.41) is 0.611. The van der Waals surface area contributed by atoms with E-state index in [9.17, 15) is 9.18 Å². The second-order valence-corrected chi connectivity index (χ2v) is 8.49. The highest BCUT2D eigenvalue weighted by Crippen LogP contribution is 2.39. The third kappa shape index (κ3) is 3.64. The van der Waals surface area contributed by atoms with E-state index in [-0.39, 0.29) is 22.4 Å². The number of hydrogen-bond acceptors (Lipinski definition) is 4. The molecule has 1 aliphatic heterocycles. The topological polar surface area (TPSA) is 64.2 Å². The van der Waals surface area contributed by atoms with Crippen LogP contribution in [0.5, 0.6) is 0 Å². The summed E-state index contributed by atoms with van der Waals surface area (Å²) in [6, 6.07) is 0.575. The Bertz CT molecular complexity index is 771. The lowest BCUT2D eigenvalue weighted by atomic mass is 9.80. The Labute approximate surface area is 163 Å². The first-order chi connectivity index (χ1) is 12.3. The van der Waals surface area contributed by atoms with Gasteiger partial charge >= 0.3 is 0 Å². The molecule has 2 N–H and O–H groups in total. The van der Waals surface area contributed by atoms with E-state index in [4.69, 9.17) is 28.9 Å². The standard InChI is InChI=1S/C18H25Cl2FN4O/c1-11-23-14(24-7-5-18(2,10-22)6-8-24)9-15(26)25(11)17-13(21)4-3-12(19)16(17)20/h9,13,17H,3-8,10,22H2,1-2H3/t13-,17?/m1/s1. The smallest absolute Gasteiger partial charge is 0.256 e. The van der Waals surface area contributed by atoms with E-state index in [1.165, 1.54) is 10.6 Å². The van der Waals surface area contributed by atoms with E-state index in [1.807, 2.05) is 0 Å². The van der Waals surface area contributed by atoms with Gasteiger partial charge in [0.25, 0.3) is 5.56 Å². The summed E-state index contributed by atoms with van der Waals surface area (Å²) >= 11 is 12.3. The molecule has 26 heavy (non-hydrogen) atoms. The van der Waals surface area contributed by atoms with Crippen LogP contribution in [0.1, 0.15) is 44.5 Å². The van der Waals surface area contributed by atoms with E-state index < -0.39 is 12.2 Å². The Kier molecular flexibility index (Phi) is 5.66. The molecule has 2 atom stereocenters. The van der Waals surface area contributed by atoms with Crippen molar-refractivity contribution >= 4 is 29.0 Å². The number of nitrogens with zero attached hydrogens (tertiary/aromatic N) is 3. The van der Waals surface area contributed by atoms with E-state index in [1.54, 1.807) is 6.92 Å². The van der Waals surface area contributed by atoms with Gasteiger partial charge in [0.1, 0.15) is 23.9 Å². The molecule has 8 heteroatoms. The summed E-state index contributed by atoms with van der Waals surface area (Å²) in [6.45, 7) is 6.14. The molecular weight excluding hydrogens is 378 g/mol. The first kappa shape index (κ1) is 19.6. The number of hydrogen-bond donors (Lipinski definition) is 1. The summed E-state index contributed by atoms with van der Waals surface area (Å²) in [5.41, 5.74) is 5.69. The minimum absolute atomic E-state index is 0.138. The van der Waals surface area contributed by atoms with Gasteiger partial charge in [-0.2, -0.15) is 0 Å². The van der Waals surface area contributed by atoms with Gasteiger partial charge in [-0.05, 0) is 44.6 Å². The number of allylic oxidation sites excluding steroid dienone is 2. The van der Waals surface area contributed by atoms with Gasteiger partial charge in [0.15, 0.2) is 0 Å². The normalized spacial score (nSPS) is 26.3. The van der Waals surface area contributed by atoms with Crippen molar-refractivity contribution in [1.29, 1.82) is 0 Å². The van der Waals surface area contributed by atoms with Crippen LogP contribution in [0.2, 0.25) is 0 Å². The monoisotopic (exact) mass is 402 g/mol. The highest BCUT2D eigenvalue weighted by molar-refractivity contribution is 6.39. The average molecular weight is 403 g/mol. The number of rotatable bonds is 3. The third-order valence-corrected chi connectivity index (χ3v) is 6.62. The number of aryl methyl sites for hydroxylation is 1.